The van der Waals surface area contributed by atoms with E-state index in [-0.39, 0.29) is 0 Å². The van der Waals surface area contributed by atoms with Crippen LogP contribution < -0.4 is 0 Å². The van der Waals surface area contributed by atoms with Crippen LogP contribution in [0.15, 0.2) is 18.4 Å². The molecule has 0 aliphatic heterocycles. The summed E-state index contributed by atoms with van der Waals surface area (Å²) in [4.78, 5) is 11.1. The van der Waals surface area contributed by atoms with Crippen LogP contribution >= 0.6 is 0 Å². The third kappa shape index (κ3) is 7.12. The molecule has 4 heteroatoms. The van der Waals surface area contributed by atoms with E-state index in [1.165, 1.54) is 12.8 Å². The van der Waals surface area contributed by atoms with Crippen molar-refractivity contribution >= 4 is 6.16 Å². The molecular formula is C12H19O3Pu. The van der Waals surface area contributed by atoms with Gasteiger partial charge in [0.15, 0.2) is 0 Å². The molecule has 3 nitrogen and oxygen atoms in total. The molecule has 0 heterocycles. The quantitative estimate of drug-likeness (QED) is 0.334. The van der Waals surface area contributed by atoms with Crippen molar-refractivity contribution in [3.8, 4) is 0 Å². The van der Waals surface area contributed by atoms with E-state index in [1.54, 1.807) is 6.08 Å². The van der Waals surface area contributed by atoms with E-state index < -0.39 is 11.8 Å². The Morgan fingerprint density at radius 3 is 2.69 bits per heavy atom. The molecule has 0 saturated carbocycles. The molecule has 0 aromatic rings. The second-order valence-electron chi connectivity index (χ2n) is 3.91. The molecule has 1 unspecified atom stereocenters. The van der Waals surface area contributed by atoms with Gasteiger partial charge in [0.1, 0.15) is 0 Å². The Morgan fingerprint density at radius 1 is 1.50 bits per heavy atom. The van der Waals surface area contributed by atoms with Crippen molar-refractivity contribution in [2.24, 2.45) is 0 Å². The van der Waals surface area contributed by atoms with Gasteiger partial charge in [-0.25, -0.2) is 0 Å². The number of rotatable bonds is 7. The topological polar surface area (TPSA) is 35.5 Å². The zero-order valence-electron chi connectivity index (χ0n) is 9.95. The fraction of sp³-hybridized carbons (Fsp3) is 0.667. The summed E-state index contributed by atoms with van der Waals surface area (Å²) in [7, 11) is 0. The molecule has 91 valence electrons. The minimum absolute atomic E-state index is 0.430. The number of hydrogen-bond acceptors (Lipinski definition) is 3. The predicted molar refractivity (Wildman–Crippen MR) is 58.4 cm³/mol. The first-order valence-corrected chi connectivity index (χ1v) is 6.86. The van der Waals surface area contributed by atoms with Crippen LogP contribution in [-0.4, -0.2) is 11.8 Å². The zero-order valence-corrected chi connectivity index (χ0v) is 13.4. The first kappa shape index (κ1) is 15.8. The normalized spacial score (nSPS) is 13.5. The van der Waals surface area contributed by atoms with Crippen molar-refractivity contribution in [2.45, 2.75) is 51.6 Å². The molecule has 0 bridgehead atoms. The summed E-state index contributed by atoms with van der Waals surface area (Å²) in [5.41, 5.74) is 2.05. The first-order chi connectivity index (χ1) is 7.58. The molecule has 0 radical (unpaired) electrons. The molecule has 0 aromatic carbocycles. The second kappa shape index (κ2) is 8.88. The number of carbonyl (C=O) groups is 1. The van der Waals surface area contributed by atoms with Crippen molar-refractivity contribution in [2.75, 3.05) is 0 Å². The Bertz CT molecular complexity index is 259. The average Bonchev–Trinajstić information content (AvgIpc) is 2.24. The maximum atomic E-state index is 11.1. The minimum atomic E-state index is -0.630. The van der Waals surface area contributed by atoms with Crippen LogP contribution in [0.2, 0.25) is 0 Å². The van der Waals surface area contributed by atoms with Gasteiger partial charge in [-0.05, 0) is 0 Å². The Hall–Kier alpha value is -0.223. The third-order valence-corrected chi connectivity index (χ3v) is 2.89. The van der Waals surface area contributed by atoms with Gasteiger partial charge in [0.05, 0.1) is 0 Å². The number of ether oxygens (including phenoxy) is 1. The molecule has 16 heavy (non-hydrogen) atoms. The SMILES string of the molecule is C=C=CC(C)(CCCCCC)OC(=O)[O][Pu]. The van der Waals surface area contributed by atoms with E-state index in [9.17, 15) is 4.79 Å². The van der Waals surface area contributed by atoms with Gasteiger partial charge < -0.3 is 0 Å². The van der Waals surface area contributed by atoms with Gasteiger partial charge in [0, 0.05) is 0 Å². The number of hydrogen-bond donors (Lipinski definition) is 0. The summed E-state index contributed by atoms with van der Waals surface area (Å²) in [6.07, 6.45) is 6.44. The fourth-order valence-corrected chi connectivity index (χ4v) is 1.62. The average molecular weight is 455 g/mol. The van der Waals surface area contributed by atoms with Crippen molar-refractivity contribution in [1.82, 2.24) is 0 Å². The zero-order chi connectivity index (χ0) is 12.4. The van der Waals surface area contributed by atoms with E-state index in [4.69, 9.17) is 4.74 Å². The molecule has 0 N–H and O–H groups in total. The van der Waals surface area contributed by atoms with E-state index in [0.717, 1.165) is 19.3 Å². The van der Waals surface area contributed by atoms with Crippen molar-refractivity contribution in [3.63, 3.8) is 0 Å². The van der Waals surface area contributed by atoms with Crippen LogP contribution in [0.4, 0.5) is 4.79 Å². The number of unbranched alkanes of at least 4 members (excludes halogenated alkanes) is 3. The Labute approximate surface area is 116 Å². The van der Waals surface area contributed by atoms with Crippen LogP contribution in [0.25, 0.3) is 0 Å². The van der Waals surface area contributed by atoms with Crippen LogP contribution in [-0.2, 0) is 7.21 Å². The van der Waals surface area contributed by atoms with E-state index in [0.29, 0.717) is 28.0 Å². The molecule has 0 saturated heterocycles. The summed E-state index contributed by atoms with van der Waals surface area (Å²) in [5.74, 6) is 0. The predicted octanol–water partition coefficient (Wildman–Crippen LogP) is 3.67. The molecule has 0 aliphatic rings. The van der Waals surface area contributed by atoms with Gasteiger partial charge in [-0.2, -0.15) is 0 Å². The molecular weight excluding hydrogens is 436 g/mol. The van der Waals surface area contributed by atoms with Crippen LogP contribution in [0, 0.1) is 28.0 Å². The van der Waals surface area contributed by atoms with E-state index in [2.05, 4.69) is 21.7 Å². The maximum absolute atomic E-state index is 11.1. The molecule has 0 aromatic heterocycles. The van der Waals surface area contributed by atoms with Crippen LogP contribution in [0.3, 0.4) is 0 Å². The molecule has 0 amide bonds. The Balaban J connectivity index is 4.22. The Kier molecular flexibility index (Phi) is 8.75. The van der Waals surface area contributed by atoms with Gasteiger partial charge in [0.25, 0.3) is 0 Å². The fourth-order valence-electron chi connectivity index (χ4n) is 1.48. The first-order valence-electron chi connectivity index (χ1n) is 5.47. The molecule has 0 spiro atoms. The van der Waals surface area contributed by atoms with Gasteiger partial charge in [0.2, 0.25) is 0 Å². The van der Waals surface area contributed by atoms with Crippen molar-refractivity contribution in [3.05, 3.63) is 18.4 Å². The monoisotopic (exact) mass is 449 g/mol. The van der Waals surface area contributed by atoms with Crippen molar-refractivity contribution < 1.29 is 40.0 Å². The van der Waals surface area contributed by atoms with Gasteiger partial charge in [-0.3, -0.25) is 0 Å². The summed E-state index contributed by atoms with van der Waals surface area (Å²) in [6.45, 7) is 7.54. The van der Waals surface area contributed by atoms with E-state index in [1.807, 2.05) is 6.92 Å². The van der Waals surface area contributed by atoms with Gasteiger partial charge in [-0.1, -0.05) is 0 Å². The molecule has 0 rings (SSSR count). The summed E-state index contributed by atoms with van der Waals surface area (Å²) in [5, 5.41) is 0. The third-order valence-electron chi connectivity index (χ3n) is 2.32. The van der Waals surface area contributed by atoms with E-state index >= 15 is 0 Å². The second-order valence-corrected chi connectivity index (χ2v) is 4.60. The molecule has 0 fully saturated rings. The van der Waals surface area contributed by atoms with Crippen LogP contribution in [0.1, 0.15) is 46.0 Å². The Morgan fingerprint density at radius 2 is 2.19 bits per heavy atom. The number of carbonyl (C=O) groups excluding carboxylic acids is 1. The molecule has 0 aliphatic carbocycles. The standard InChI is InChI=1S/C12H20O3.Pu/c1-4-6-7-8-10-12(3,9-5-2)15-11(13)14;/h9H,2,4,6-8,10H2,1,3H3,(H,13,14);/q;+1/p-1. The van der Waals surface area contributed by atoms with Crippen LogP contribution in [0.5, 0.6) is 0 Å². The summed E-state index contributed by atoms with van der Waals surface area (Å²) < 4.78 is 9.84. The van der Waals surface area contributed by atoms with Crippen molar-refractivity contribution in [1.29, 1.82) is 0 Å². The summed E-state index contributed by atoms with van der Waals surface area (Å²) in [6, 6.07) is 0. The molecule has 1 atom stereocenters. The summed E-state index contributed by atoms with van der Waals surface area (Å²) >= 11 is 0.430. The van der Waals surface area contributed by atoms with Gasteiger partial charge in [-0.15, -0.1) is 0 Å². The van der Waals surface area contributed by atoms with Gasteiger partial charge >= 0.3 is 116 Å².